The van der Waals surface area contributed by atoms with Crippen LogP contribution < -0.4 is 10.6 Å². The van der Waals surface area contributed by atoms with E-state index in [1.165, 1.54) is 56.1 Å². The van der Waals surface area contributed by atoms with E-state index in [-0.39, 0.29) is 17.0 Å². The van der Waals surface area contributed by atoms with Gasteiger partial charge < -0.3 is 20.5 Å². The lowest BCUT2D eigenvalue weighted by molar-refractivity contribution is -0.210. The highest BCUT2D eigenvalue weighted by Crippen LogP contribution is 2.75. The fourth-order valence-corrected chi connectivity index (χ4v) is 12.8. The minimum Gasteiger partial charge on any atom is -0.478 e. The number of ether oxygens (including phenoxy) is 1. The highest BCUT2D eigenvalue weighted by molar-refractivity contribution is 5.88. The van der Waals surface area contributed by atoms with Gasteiger partial charge in [0.05, 0.1) is 18.8 Å². The summed E-state index contributed by atoms with van der Waals surface area (Å²) in [6, 6.07) is 7.60. The molecule has 0 spiro atoms. The van der Waals surface area contributed by atoms with Gasteiger partial charge in [0.1, 0.15) is 0 Å². The van der Waals surface area contributed by atoms with Gasteiger partial charge in [0.25, 0.3) is 0 Å². The first kappa shape index (κ1) is 33.1. The van der Waals surface area contributed by atoms with Crippen LogP contribution in [0.15, 0.2) is 30.3 Å². The first-order chi connectivity index (χ1) is 22.5. The molecule has 1 heterocycles. The third kappa shape index (κ3) is 5.46. The van der Waals surface area contributed by atoms with Crippen LogP contribution in [0.2, 0.25) is 0 Å². The van der Waals surface area contributed by atoms with Crippen molar-refractivity contribution < 1.29 is 19.4 Å². The second-order valence-corrected chi connectivity index (χ2v) is 17.1. The SMILES string of the molecule is CC1C(c2ccc(C(=O)O)cc2)=CCC2(C)C1CCC1(C)C2CCC2C3CCCC3(NC(=O)NCCCN3CCOCC3)CC[C@]21C. The van der Waals surface area contributed by atoms with Crippen molar-refractivity contribution in [2.45, 2.75) is 104 Å². The Morgan fingerprint density at radius 1 is 0.915 bits per heavy atom. The Morgan fingerprint density at radius 3 is 2.43 bits per heavy atom. The molecule has 5 aliphatic carbocycles. The number of nitrogens with zero attached hydrogens (tertiary/aromatic N) is 1. The van der Waals surface area contributed by atoms with E-state index in [0.717, 1.165) is 65.1 Å². The number of urea groups is 1. The molecule has 0 bridgehead atoms. The van der Waals surface area contributed by atoms with Crippen LogP contribution in [-0.2, 0) is 4.74 Å². The topological polar surface area (TPSA) is 90.9 Å². The predicted molar refractivity (Wildman–Crippen MR) is 186 cm³/mol. The van der Waals surface area contributed by atoms with Crippen molar-refractivity contribution >= 4 is 17.6 Å². The van der Waals surface area contributed by atoms with Crippen LogP contribution in [-0.4, -0.2) is 66.9 Å². The average Bonchev–Trinajstić information content (AvgIpc) is 3.47. The summed E-state index contributed by atoms with van der Waals surface area (Å²) >= 11 is 0. The number of amides is 2. The molecule has 1 saturated heterocycles. The lowest BCUT2D eigenvalue weighted by atomic mass is 9.34. The molecule has 8 unspecified atom stereocenters. The first-order valence-corrected chi connectivity index (χ1v) is 18.9. The monoisotopic (exact) mass is 645 g/mol. The van der Waals surface area contributed by atoms with Crippen LogP contribution in [0, 0.1) is 45.8 Å². The number of carboxylic acids is 1. The number of aromatic carboxylic acids is 1. The number of carboxylic acid groups (broad SMARTS) is 1. The molecule has 258 valence electrons. The first-order valence-electron chi connectivity index (χ1n) is 18.9. The third-order valence-corrected chi connectivity index (χ3v) is 15.4. The molecule has 4 saturated carbocycles. The van der Waals surface area contributed by atoms with E-state index >= 15 is 0 Å². The van der Waals surface area contributed by atoms with Crippen molar-refractivity contribution in [1.82, 2.24) is 15.5 Å². The second kappa shape index (κ2) is 12.5. The summed E-state index contributed by atoms with van der Waals surface area (Å²) in [7, 11) is 0. The summed E-state index contributed by atoms with van der Waals surface area (Å²) in [6.45, 7) is 15.8. The molecule has 1 aromatic carbocycles. The van der Waals surface area contributed by atoms with E-state index in [2.05, 4.69) is 49.3 Å². The predicted octanol–water partition coefficient (Wildman–Crippen LogP) is 7.62. The highest BCUT2D eigenvalue weighted by Gasteiger charge is 2.68. The van der Waals surface area contributed by atoms with E-state index < -0.39 is 5.97 Å². The summed E-state index contributed by atoms with van der Waals surface area (Å²) < 4.78 is 5.47. The van der Waals surface area contributed by atoms with Gasteiger partial charge in [-0.1, -0.05) is 52.3 Å². The Bertz CT molecular complexity index is 1370. The molecule has 47 heavy (non-hydrogen) atoms. The summed E-state index contributed by atoms with van der Waals surface area (Å²) in [5.74, 6) is 2.18. The molecule has 7 nitrogen and oxygen atoms in total. The lowest BCUT2D eigenvalue weighted by Gasteiger charge is -2.71. The molecule has 9 atom stereocenters. The van der Waals surface area contributed by atoms with Crippen LogP contribution in [0.1, 0.15) is 114 Å². The molecule has 1 aromatic rings. The van der Waals surface area contributed by atoms with Gasteiger partial charge in [0.15, 0.2) is 0 Å². The smallest absolute Gasteiger partial charge is 0.335 e. The maximum Gasteiger partial charge on any atom is 0.335 e. The Labute approximate surface area is 282 Å². The fraction of sp³-hybridized carbons (Fsp3) is 0.750. The summed E-state index contributed by atoms with van der Waals surface area (Å²) in [5.41, 5.74) is 3.77. The number of carbonyl (C=O) groups is 2. The molecule has 1 aliphatic heterocycles. The van der Waals surface area contributed by atoms with Crippen LogP contribution in [0.4, 0.5) is 4.79 Å². The molecule has 7 heteroatoms. The number of morpholine rings is 1. The number of allylic oxidation sites excluding steroid dienone is 2. The van der Waals surface area contributed by atoms with Crippen molar-refractivity contribution in [2.24, 2.45) is 45.8 Å². The number of hydrogen-bond acceptors (Lipinski definition) is 4. The molecule has 0 aromatic heterocycles. The maximum absolute atomic E-state index is 13.3. The van der Waals surface area contributed by atoms with Crippen LogP contribution in [0.3, 0.4) is 0 Å². The second-order valence-electron chi connectivity index (χ2n) is 17.1. The van der Waals surface area contributed by atoms with Crippen LogP contribution >= 0.6 is 0 Å². The van der Waals surface area contributed by atoms with Gasteiger partial charge in [-0.05, 0) is 140 Å². The third-order valence-electron chi connectivity index (χ3n) is 15.4. The Hall–Kier alpha value is -2.38. The van der Waals surface area contributed by atoms with Gasteiger partial charge in [-0.25, -0.2) is 9.59 Å². The highest BCUT2D eigenvalue weighted by atomic mass is 16.5. The van der Waals surface area contributed by atoms with E-state index in [1.54, 1.807) is 12.1 Å². The molecule has 5 fully saturated rings. The molecule has 7 rings (SSSR count). The van der Waals surface area contributed by atoms with Gasteiger partial charge in [-0.2, -0.15) is 0 Å². The zero-order valence-electron chi connectivity index (χ0n) is 29.4. The summed E-state index contributed by atoms with van der Waals surface area (Å²) in [4.78, 5) is 27.2. The number of benzene rings is 1. The number of nitrogens with one attached hydrogen (secondary N) is 2. The summed E-state index contributed by atoms with van der Waals surface area (Å²) in [5, 5.41) is 16.3. The molecule has 3 N–H and O–H groups in total. The molecule has 2 amide bonds. The van der Waals surface area contributed by atoms with E-state index in [9.17, 15) is 14.7 Å². The quantitative estimate of drug-likeness (QED) is 0.266. The Balaban J connectivity index is 1.04. The minimum absolute atomic E-state index is 0.0457. The van der Waals surface area contributed by atoms with Gasteiger partial charge in [-0.15, -0.1) is 0 Å². The molecular formula is C40H59N3O4. The Kier molecular flexibility index (Phi) is 8.81. The van der Waals surface area contributed by atoms with Gasteiger partial charge >= 0.3 is 12.0 Å². The Morgan fingerprint density at radius 2 is 1.68 bits per heavy atom. The molecular weight excluding hydrogens is 586 g/mol. The number of hydrogen-bond donors (Lipinski definition) is 3. The van der Waals surface area contributed by atoms with Crippen LogP contribution in [0.5, 0.6) is 0 Å². The van der Waals surface area contributed by atoms with Gasteiger partial charge in [0, 0.05) is 25.2 Å². The lowest BCUT2D eigenvalue weighted by Crippen LogP contribution is -2.67. The summed E-state index contributed by atoms with van der Waals surface area (Å²) in [6.07, 6.45) is 15.7. The van der Waals surface area contributed by atoms with Crippen molar-refractivity contribution in [1.29, 1.82) is 0 Å². The fourth-order valence-electron chi connectivity index (χ4n) is 12.8. The largest absolute Gasteiger partial charge is 0.478 e. The standard InChI is InChI=1S/C40H59N3O4/c1-27-30(28-8-10-29(11-9-28)35(44)45)14-17-37(2)31(27)15-18-39(4)34(37)13-12-32-33-7-5-16-40(33,20-19-38(32,39)3)42-36(46)41-21-6-22-43-23-25-47-26-24-43/h8-11,14,27,31-34H,5-7,12-13,15-26H2,1-4H3,(H,44,45)(H2,41,42,46)/t27?,31?,32?,33?,34?,37?,38-,39?,40?/m1/s1. The average molecular weight is 646 g/mol. The zero-order chi connectivity index (χ0) is 33.0. The van der Waals surface area contributed by atoms with Crippen LogP contribution in [0.25, 0.3) is 5.57 Å². The number of fused-ring (bicyclic) bond motifs is 7. The number of carbonyl (C=O) groups excluding carboxylic acids is 1. The van der Waals surface area contributed by atoms with Gasteiger partial charge in [-0.3, -0.25) is 4.90 Å². The van der Waals surface area contributed by atoms with Crippen molar-refractivity contribution in [2.75, 3.05) is 39.4 Å². The maximum atomic E-state index is 13.3. The van der Waals surface area contributed by atoms with Crippen molar-refractivity contribution in [3.8, 4) is 0 Å². The molecule has 6 aliphatic rings. The van der Waals surface area contributed by atoms with Crippen molar-refractivity contribution in [3.05, 3.63) is 41.5 Å². The van der Waals surface area contributed by atoms with Crippen molar-refractivity contribution in [3.63, 3.8) is 0 Å². The van der Waals surface area contributed by atoms with Gasteiger partial charge in [0.2, 0.25) is 0 Å². The van der Waals surface area contributed by atoms with E-state index in [1.807, 2.05) is 12.1 Å². The normalized spacial score (nSPS) is 41.4. The molecule has 0 radical (unpaired) electrons. The zero-order valence-corrected chi connectivity index (χ0v) is 29.4. The minimum atomic E-state index is -0.864. The van der Waals surface area contributed by atoms with E-state index in [0.29, 0.717) is 46.0 Å². The number of rotatable bonds is 7. The van der Waals surface area contributed by atoms with E-state index in [4.69, 9.17) is 4.74 Å².